The summed E-state index contributed by atoms with van der Waals surface area (Å²) in [4.78, 5) is 6.42. The van der Waals surface area contributed by atoms with E-state index in [1.807, 2.05) is 30.3 Å². The average molecular weight is 447 g/mol. The van der Waals surface area contributed by atoms with Gasteiger partial charge >= 0.3 is 0 Å². The van der Waals surface area contributed by atoms with Crippen LogP contribution in [0.1, 0.15) is 58.8 Å². The van der Waals surface area contributed by atoms with Crippen molar-refractivity contribution < 1.29 is 4.21 Å². The fourth-order valence-electron chi connectivity index (χ4n) is 5.88. The molecule has 4 rings (SSSR count). The molecule has 174 valence electrons. The normalized spacial score (nSPS) is 26.7. The predicted octanol–water partition coefficient (Wildman–Crippen LogP) is 4.59. The Morgan fingerprint density at radius 2 is 1.68 bits per heavy atom. The zero-order chi connectivity index (χ0) is 21.7. The summed E-state index contributed by atoms with van der Waals surface area (Å²) in [7, 11) is -1.39. The van der Waals surface area contributed by atoms with Crippen molar-refractivity contribution in [2.75, 3.05) is 52.4 Å². The molecular weight excluding hydrogens is 402 g/mol. The Labute approximate surface area is 193 Å². The molecule has 1 aromatic carbocycles. The Morgan fingerprint density at radius 1 is 1.00 bits per heavy atom. The van der Waals surface area contributed by atoms with Crippen LogP contribution in [0.3, 0.4) is 0 Å². The third-order valence-electron chi connectivity index (χ3n) is 8.14. The van der Waals surface area contributed by atoms with Gasteiger partial charge in [-0.3, -0.25) is 0 Å². The number of nitrogens with zero attached hydrogens (tertiary/aromatic N) is 3. The van der Waals surface area contributed by atoms with Gasteiger partial charge in [0.15, 0.2) is 15.9 Å². The Bertz CT molecular complexity index is 696. The molecule has 3 aliphatic rings. The molecule has 2 saturated heterocycles. The van der Waals surface area contributed by atoms with E-state index in [1.54, 1.807) is 0 Å². The molecule has 2 aliphatic heterocycles. The third-order valence-corrected chi connectivity index (χ3v) is 9.80. The molecule has 2 heterocycles. The maximum Gasteiger partial charge on any atom is 0.178 e. The van der Waals surface area contributed by atoms with E-state index in [4.69, 9.17) is 0 Å². The highest BCUT2D eigenvalue weighted by Gasteiger charge is 2.56. The van der Waals surface area contributed by atoms with Crippen molar-refractivity contribution in [3.05, 3.63) is 30.3 Å². The van der Waals surface area contributed by atoms with Crippen LogP contribution in [-0.2, 0) is 15.2 Å². The van der Waals surface area contributed by atoms with Crippen LogP contribution in [-0.4, -0.2) is 66.5 Å². The van der Waals surface area contributed by atoms with E-state index < -0.39 is 11.0 Å². The Kier molecular flexibility index (Phi) is 8.24. The van der Waals surface area contributed by atoms with Gasteiger partial charge in [0.1, 0.15) is 0 Å². The highest BCUT2D eigenvalue weighted by Crippen LogP contribution is 2.59. The lowest BCUT2D eigenvalue weighted by atomic mass is 9.91. The summed E-state index contributed by atoms with van der Waals surface area (Å²) in [5.41, 5.74) is 0.564. The van der Waals surface area contributed by atoms with Gasteiger partial charge in [0, 0.05) is 52.4 Å². The first-order valence-electron chi connectivity index (χ1n) is 12.8. The fraction of sp³-hybridized carbons (Fsp3) is 0.769. The van der Waals surface area contributed by atoms with Crippen molar-refractivity contribution in [1.82, 2.24) is 14.1 Å². The molecule has 0 N–H and O–H groups in total. The van der Waals surface area contributed by atoms with Gasteiger partial charge in [-0.05, 0) is 55.1 Å². The van der Waals surface area contributed by atoms with Gasteiger partial charge in [0.05, 0.1) is 0 Å². The molecule has 3 unspecified atom stereocenters. The quantitative estimate of drug-likeness (QED) is 0.299. The van der Waals surface area contributed by atoms with Crippen molar-refractivity contribution in [1.29, 1.82) is 0 Å². The number of hydrogen-bond donors (Lipinski definition) is 0. The molecule has 0 bridgehead atoms. The zero-order valence-electron chi connectivity index (χ0n) is 19.8. The molecule has 3 fully saturated rings. The number of thiol groups is 1. The highest BCUT2D eigenvalue weighted by molar-refractivity contribution is 7.82. The predicted molar refractivity (Wildman–Crippen MR) is 132 cm³/mol. The lowest BCUT2D eigenvalue weighted by Gasteiger charge is -2.37. The minimum Gasteiger partial charge on any atom is -0.301 e. The van der Waals surface area contributed by atoms with E-state index in [-0.39, 0.29) is 0 Å². The molecule has 1 spiro atoms. The summed E-state index contributed by atoms with van der Waals surface area (Å²) in [6, 6.07) is 10.0. The van der Waals surface area contributed by atoms with E-state index in [1.165, 1.54) is 84.2 Å². The number of piperazine rings is 1. The van der Waals surface area contributed by atoms with Crippen LogP contribution in [0.2, 0.25) is 0 Å². The van der Waals surface area contributed by atoms with E-state index >= 15 is 0 Å². The lowest BCUT2D eigenvalue weighted by molar-refractivity contribution is 0.108. The van der Waals surface area contributed by atoms with Crippen molar-refractivity contribution >= 4 is 11.0 Å². The largest absolute Gasteiger partial charge is 0.301 e. The van der Waals surface area contributed by atoms with Gasteiger partial charge in [0.2, 0.25) is 0 Å². The van der Waals surface area contributed by atoms with Crippen molar-refractivity contribution in [2.24, 2.45) is 17.3 Å². The molecule has 5 heteroatoms. The average Bonchev–Trinajstić information content (AvgIpc) is 3.46. The van der Waals surface area contributed by atoms with E-state index in [0.717, 1.165) is 29.8 Å². The summed E-state index contributed by atoms with van der Waals surface area (Å²) in [5.74, 6) is 1.72. The second-order valence-electron chi connectivity index (χ2n) is 10.5. The molecule has 0 amide bonds. The summed E-state index contributed by atoms with van der Waals surface area (Å²) in [6.45, 7) is 14.3. The number of rotatable bonds is 10. The smallest absolute Gasteiger partial charge is 0.178 e. The first-order chi connectivity index (χ1) is 15.1. The molecule has 1 aliphatic carbocycles. The summed E-state index contributed by atoms with van der Waals surface area (Å²) >= 11 is 0. The number of piperidine rings is 1. The van der Waals surface area contributed by atoms with Gasteiger partial charge < -0.3 is 9.80 Å². The molecular formula is C26H44N3OS+. The van der Waals surface area contributed by atoms with Crippen LogP contribution in [0.15, 0.2) is 35.2 Å². The van der Waals surface area contributed by atoms with Gasteiger partial charge in [0.25, 0.3) is 0 Å². The van der Waals surface area contributed by atoms with Crippen LogP contribution < -0.4 is 0 Å². The first-order valence-corrected chi connectivity index (χ1v) is 14.0. The van der Waals surface area contributed by atoms with Crippen molar-refractivity contribution in [3.8, 4) is 0 Å². The van der Waals surface area contributed by atoms with Gasteiger partial charge in [-0.1, -0.05) is 55.5 Å². The first kappa shape index (κ1) is 23.4. The van der Waals surface area contributed by atoms with Gasteiger partial charge in [-0.15, -0.1) is 4.31 Å². The van der Waals surface area contributed by atoms with Crippen molar-refractivity contribution in [3.63, 3.8) is 0 Å². The number of benzene rings is 1. The lowest BCUT2D eigenvalue weighted by Crippen LogP contribution is -2.48. The third kappa shape index (κ3) is 6.19. The van der Waals surface area contributed by atoms with Gasteiger partial charge in [-0.25, -0.2) is 0 Å². The molecule has 31 heavy (non-hydrogen) atoms. The number of hydrogen-bond acceptors (Lipinski definition) is 3. The minimum atomic E-state index is -1.39. The maximum atomic E-state index is 12.9. The number of unbranched alkanes of at least 4 members (excludes halogenated alkanes) is 2. The van der Waals surface area contributed by atoms with Crippen LogP contribution in [0.5, 0.6) is 0 Å². The molecule has 4 nitrogen and oxygen atoms in total. The minimum absolute atomic E-state index is 0.564. The van der Waals surface area contributed by atoms with Crippen LogP contribution >= 0.6 is 0 Å². The fourth-order valence-corrected chi connectivity index (χ4v) is 7.20. The molecule has 3 atom stereocenters. The SMILES string of the molecule is CCCCCC(C)CN1CCN(CC2CC23CCN([SH+](=O)c2ccccc2)CC3)CC1. The van der Waals surface area contributed by atoms with Crippen LogP contribution in [0, 0.1) is 17.3 Å². The van der Waals surface area contributed by atoms with E-state index in [9.17, 15) is 4.21 Å². The van der Waals surface area contributed by atoms with Crippen LogP contribution in [0.25, 0.3) is 0 Å². The maximum absolute atomic E-state index is 12.9. The molecule has 1 saturated carbocycles. The summed E-state index contributed by atoms with van der Waals surface area (Å²) in [6.07, 6.45) is 9.39. The van der Waals surface area contributed by atoms with E-state index in [0.29, 0.717) is 5.41 Å². The Morgan fingerprint density at radius 3 is 2.35 bits per heavy atom. The molecule has 0 aromatic heterocycles. The summed E-state index contributed by atoms with van der Waals surface area (Å²) in [5, 5.41) is 0. The monoisotopic (exact) mass is 446 g/mol. The second-order valence-corrected chi connectivity index (χ2v) is 12.2. The van der Waals surface area contributed by atoms with E-state index in [2.05, 4.69) is 28.0 Å². The highest BCUT2D eigenvalue weighted by atomic mass is 32.2. The van der Waals surface area contributed by atoms with Crippen molar-refractivity contribution in [2.45, 2.75) is 63.7 Å². The Hall–Kier alpha value is -0.750. The topological polar surface area (TPSA) is 26.8 Å². The van der Waals surface area contributed by atoms with Gasteiger partial charge in [-0.2, -0.15) is 0 Å². The standard InChI is InChI=1S/C26H43N3OS/c1-3-4-6-9-23(2)21-27-16-18-28(19-17-27)22-24-20-26(24)12-14-29(15-13-26)31(30)25-10-7-5-8-11-25/h5,7-8,10-11,23-24H,3-4,6,9,12-22H2,1-2H3/p+1. The second kappa shape index (κ2) is 10.9. The molecule has 1 aromatic rings. The Balaban J connectivity index is 1.14. The zero-order valence-corrected chi connectivity index (χ0v) is 20.7. The van der Waals surface area contributed by atoms with Crippen LogP contribution in [0.4, 0.5) is 0 Å². The molecule has 0 radical (unpaired) electrons. The summed E-state index contributed by atoms with van der Waals surface area (Å²) < 4.78 is 15.1.